The first kappa shape index (κ1) is 14.5. The first-order valence-corrected chi connectivity index (χ1v) is 7.92. The van der Waals surface area contributed by atoms with E-state index >= 15 is 0 Å². The molecule has 0 spiro atoms. The van der Waals surface area contributed by atoms with Gasteiger partial charge in [0, 0.05) is 19.6 Å². The quantitative estimate of drug-likeness (QED) is 0.870. The summed E-state index contributed by atoms with van der Waals surface area (Å²) in [4.78, 5) is 4.42. The Balaban J connectivity index is 1.57. The molecule has 0 aromatic carbocycles. The maximum atomic E-state index is 5.79. The molecule has 1 saturated carbocycles. The van der Waals surface area contributed by atoms with Gasteiger partial charge in [-0.15, -0.1) is 0 Å². The number of nitrogens with zero attached hydrogens (tertiary/aromatic N) is 3. The molecule has 112 valence electrons. The summed E-state index contributed by atoms with van der Waals surface area (Å²) in [6.45, 7) is 3.27. The molecule has 2 heterocycles. The summed E-state index contributed by atoms with van der Waals surface area (Å²) in [7, 11) is 1.92. The number of hydrogen-bond donors (Lipinski definition) is 1. The zero-order valence-corrected chi connectivity index (χ0v) is 13.9. The molecule has 1 N–H and O–H groups in total. The Morgan fingerprint density at radius 1 is 1.43 bits per heavy atom. The fraction of sp³-hybridized carbons (Fsp3) is 0.467. The van der Waals surface area contributed by atoms with Gasteiger partial charge in [0.05, 0.1) is 27.8 Å². The number of nitrogens with one attached hydrogen (secondary N) is 1. The van der Waals surface area contributed by atoms with Crippen molar-refractivity contribution in [1.29, 1.82) is 0 Å². The normalized spacial score (nSPS) is 14.4. The van der Waals surface area contributed by atoms with Crippen molar-refractivity contribution >= 4 is 15.9 Å². The Morgan fingerprint density at radius 3 is 2.81 bits per heavy atom. The van der Waals surface area contributed by atoms with E-state index in [2.05, 4.69) is 31.3 Å². The van der Waals surface area contributed by atoms with Gasteiger partial charge in [0.15, 0.2) is 0 Å². The van der Waals surface area contributed by atoms with Crippen molar-refractivity contribution < 1.29 is 4.74 Å². The Labute approximate surface area is 132 Å². The van der Waals surface area contributed by atoms with E-state index < -0.39 is 0 Å². The van der Waals surface area contributed by atoms with Crippen LogP contribution in [0.5, 0.6) is 5.75 Å². The van der Waals surface area contributed by atoms with E-state index in [-0.39, 0.29) is 0 Å². The van der Waals surface area contributed by atoms with E-state index in [4.69, 9.17) is 4.74 Å². The van der Waals surface area contributed by atoms with Crippen molar-refractivity contribution in [1.82, 2.24) is 20.1 Å². The maximum Gasteiger partial charge on any atom is 0.138 e. The lowest BCUT2D eigenvalue weighted by Crippen LogP contribution is -2.16. The Hall–Kier alpha value is -1.40. The maximum absolute atomic E-state index is 5.79. The molecule has 1 fully saturated rings. The van der Waals surface area contributed by atoms with Crippen LogP contribution in [0.25, 0.3) is 0 Å². The number of hydrogen-bond acceptors (Lipinski definition) is 4. The smallest absolute Gasteiger partial charge is 0.138 e. The third kappa shape index (κ3) is 3.63. The average Bonchev–Trinajstić information content (AvgIpc) is 3.26. The van der Waals surface area contributed by atoms with Gasteiger partial charge in [-0.1, -0.05) is 0 Å². The fourth-order valence-electron chi connectivity index (χ4n) is 2.13. The monoisotopic (exact) mass is 350 g/mol. The van der Waals surface area contributed by atoms with Crippen LogP contribution in [0.3, 0.4) is 0 Å². The molecule has 0 atom stereocenters. The molecule has 21 heavy (non-hydrogen) atoms. The first-order valence-electron chi connectivity index (χ1n) is 7.12. The van der Waals surface area contributed by atoms with E-state index in [1.54, 1.807) is 6.20 Å². The molecule has 0 saturated heterocycles. The van der Waals surface area contributed by atoms with E-state index in [0.29, 0.717) is 12.6 Å². The lowest BCUT2D eigenvalue weighted by molar-refractivity contribution is 0.292. The van der Waals surface area contributed by atoms with Crippen LogP contribution >= 0.6 is 15.9 Å². The molecule has 1 aliphatic carbocycles. The number of aromatic nitrogens is 3. The van der Waals surface area contributed by atoms with E-state index in [0.717, 1.165) is 33.8 Å². The summed E-state index contributed by atoms with van der Waals surface area (Å²) in [6, 6.07) is 4.68. The number of rotatable bonds is 6. The summed E-state index contributed by atoms with van der Waals surface area (Å²) in [6.07, 6.45) is 4.36. The molecular weight excluding hydrogens is 332 g/mol. The topological polar surface area (TPSA) is 52.0 Å². The van der Waals surface area contributed by atoms with E-state index in [1.807, 2.05) is 30.8 Å². The largest absolute Gasteiger partial charge is 0.486 e. The van der Waals surface area contributed by atoms with Crippen molar-refractivity contribution in [2.24, 2.45) is 7.05 Å². The Kier molecular flexibility index (Phi) is 4.26. The standard InChI is InChI=1S/C15H19BrN4O/c1-10-15(16)14(20(2)19-10)9-21-13-6-5-12(18-8-13)7-17-11-3-4-11/h5-6,8,11,17H,3-4,7,9H2,1-2H3. The van der Waals surface area contributed by atoms with Gasteiger partial charge < -0.3 is 10.1 Å². The molecule has 0 bridgehead atoms. The number of ether oxygens (including phenoxy) is 1. The number of pyridine rings is 1. The minimum absolute atomic E-state index is 0.472. The highest BCUT2D eigenvalue weighted by molar-refractivity contribution is 9.10. The van der Waals surface area contributed by atoms with E-state index in [9.17, 15) is 0 Å². The average molecular weight is 351 g/mol. The van der Waals surface area contributed by atoms with Crippen LogP contribution in [0.15, 0.2) is 22.8 Å². The van der Waals surface area contributed by atoms with Gasteiger partial charge in [0.1, 0.15) is 12.4 Å². The molecular formula is C15H19BrN4O. The second-order valence-electron chi connectivity index (χ2n) is 5.40. The molecule has 0 unspecified atom stereocenters. The Morgan fingerprint density at radius 2 is 2.24 bits per heavy atom. The van der Waals surface area contributed by atoms with Crippen molar-refractivity contribution in [3.63, 3.8) is 0 Å². The SMILES string of the molecule is Cc1nn(C)c(COc2ccc(CNC3CC3)nc2)c1Br. The summed E-state index contributed by atoms with van der Waals surface area (Å²) in [5.41, 5.74) is 3.04. The van der Waals surface area contributed by atoms with Gasteiger partial charge >= 0.3 is 0 Å². The van der Waals surface area contributed by atoms with Crippen molar-refractivity contribution in [3.05, 3.63) is 39.9 Å². The van der Waals surface area contributed by atoms with Crippen LogP contribution < -0.4 is 10.1 Å². The molecule has 3 rings (SSSR count). The van der Waals surface area contributed by atoms with Gasteiger partial charge in [0.25, 0.3) is 0 Å². The zero-order chi connectivity index (χ0) is 14.8. The fourth-order valence-corrected chi connectivity index (χ4v) is 2.58. The molecule has 2 aromatic heterocycles. The van der Waals surface area contributed by atoms with Gasteiger partial charge in [-0.3, -0.25) is 9.67 Å². The summed E-state index contributed by atoms with van der Waals surface area (Å²) < 4.78 is 8.62. The van der Waals surface area contributed by atoms with Crippen molar-refractivity contribution in [2.45, 2.75) is 39.0 Å². The van der Waals surface area contributed by atoms with Crippen molar-refractivity contribution in [2.75, 3.05) is 0 Å². The molecule has 5 nitrogen and oxygen atoms in total. The lowest BCUT2D eigenvalue weighted by atomic mass is 10.3. The zero-order valence-electron chi connectivity index (χ0n) is 12.3. The van der Waals surface area contributed by atoms with Gasteiger partial charge in [-0.2, -0.15) is 5.10 Å². The van der Waals surface area contributed by atoms with Gasteiger partial charge in [0.2, 0.25) is 0 Å². The van der Waals surface area contributed by atoms with Gasteiger partial charge in [-0.25, -0.2) is 0 Å². The molecule has 1 aliphatic rings. The third-order valence-electron chi connectivity index (χ3n) is 3.58. The van der Waals surface area contributed by atoms with Crippen LogP contribution in [-0.2, 0) is 20.2 Å². The lowest BCUT2D eigenvalue weighted by Gasteiger charge is -2.08. The van der Waals surface area contributed by atoms with Gasteiger partial charge in [-0.05, 0) is 47.8 Å². The number of aryl methyl sites for hydroxylation is 2. The predicted octanol–water partition coefficient (Wildman–Crippen LogP) is 2.72. The predicted molar refractivity (Wildman–Crippen MR) is 84.1 cm³/mol. The van der Waals surface area contributed by atoms with Crippen LogP contribution in [0.1, 0.15) is 29.9 Å². The van der Waals surface area contributed by atoms with Crippen LogP contribution in [0, 0.1) is 6.92 Å². The second kappa shape index (κ2) is 6.15. The first-order chi connectivity index (χ1) is 10.1. The highest BCUT2D eigenvalue weighted by Gasteiger charge is 2.20. The van der Waals surface area contributed by atoms with Crippen LogP contribution in [-0.4, -0.2) is 20.8 Å². The molecule has 2 aromatic rings. The number of halogens is 1. The van der Waals surface area contributed by atoms with Crippen molar-refractivity contribution in [3.8, 4) is 5.75 Å². The molecule has 6 heteroatoms. The summed E-state index contributed by atoms with van der Waals surface area (Å²) in [5.74, 6) is 0.774. The summed E-state index contributed by atoms with van der Waals surface area (Å²) >= 11 is 3.54. The highest BCUT2D eigenvalue weighted by atomic mass is 79.9. The second-order valence-corrected chi connectivity index (χ2v) is 6.19. The minimum atomic E-state index is 0.472. The molecule has 0 amide bonds. The summed E-state index contributed by atoms with van der Waals surface area (Å²) in [5, 5.41) is 7.80. The highest BCUT2D eigenvalue weighted by Crippen LogP contribution is 2.22. The minimum Gasteiger partial charge on any atom is -0.486 e. The molecule has 0 radical (unpaired) electrons. The van der Waals surface area contributed by atoms with Crippen LogP contribution in [0.4, 0.5) is 0 Å². The third-order valence-corrected chi connectivity index (χ3v) is 4.62. The molecule has 0 aliphatic heterocycles. The van der Waals surface area contributed by atoms with Crippen LogP contribution in [0.2, 0.25) is 0 Å². The van der Waals surface area contributed by atoms with E-state index in [1.165, 1.54) is 12.8 Å². The Bertz CT molecular complexity index is 619.